The van der Waals surface area contributed by atoms with E-state index in [1.54, 1.807) is 9.42 Å². The Labute approximate surface area is 183 Å². The molecule has 0 aliphatic carbocycles. The zero-order valence-corrected chi connectivity index (χ0v) is 17.9. The van der Waals surface area contributed by atoms with Gasteiger partial charge in [-0.3, -0.25) is 9.59 Å². The molecule has 0 aliphatic rings. The van der Waals surface area contributed by atoms with Crippen molar-refractivity contribution < 1.29 is 9.59 Å². The molecule has 0 atom stereocenters. The Balaban J connectivity index is 1.56. The standard InChI is InChI=1S/C22H22N6O2S/c1-15-24-21-17-9-5-6-10-18(17)25-22(28(21)26-15)31-14-20(30)27(12-11-19(23)29)13-16-7-3-2-4-8-16/h2-10H,11-14H2,1H3,(H2,23,29). The van der Waals surface area contributed by atoms with Gasteiger partial charge in [0.2, 0.25) is 11.8 Å². The van der Waals surface area contributed by atoms with Crippen molar-refractivity contribution >= 4 is 40.1 Å². The lowest BCUT2D eigenvalue weighted by Crippen LogP contribution is -2.34. The highest BCUT2D eigenvalue weighted by molar-refractivity contribution is 7.99. The Bertz CT molecular complexity index is 1240. The van der Waals surface area contributed by atoms with E-state index in [1.807, 2.05) is 61.5 Å². The summed E-state index contributed by atoms with van der Waals surface area (Å²) in [6, 6.07) is 17.4. The number of aromatic nitrogens is 4. The van der Waals surface area contributed by atoms with Gasteiger partial charge < -0.3 is 10.6 Å². The van der Waals surface area contributed by atoms with Crippen molar-refractivity contribution in [3.63, 3.8) is 0 Å². The van der Waals surface area contributed by atoms with Crippen LogP contribution in [0.15, 0.2) is 59.8 Å². The first-order valence-corrected chi connectivity index (χ1v) is 10.8. The molecule has 0 spiro atoms. The minimum Gasteiger partial charge on any atom is -0.370 e. The van der Waals surface area contributed by atoms with Gasteiger partial charge in [0.15, 0.2) is 10.8 Å². The molecule has 2 heterocycles. The van der Waals surface area contributed by atoms with E-state index < -0.39 is 5.91 Å². The zero-order valence-electron chi connectivity index (χ0n) is 17.1. The minimum absolute atomic E-state index is 0.102. The van der Waals surface area contributed by atoms with E-state index in [0.29, 0.717) is 23.2 Å². The van der Waals surface area contributed by atoms with Gasteiger partial charge in [0.05, 0.1) is 11.3 Å². The number of fused-ring (bicyclic) bond motifs is 3. The van der Waals surface area contributed by atoms with Crippen LogP contribution in [0.2, 0.25) is 0 Å². The predicted molar refractivity (Wildman–Crippen MR) is 119 cm³/mol. The van der Waals surface area contributed by atoms with Crippen LogP contribution in [0.1, 0.15) is 17.8 Å². The molecule has 0 saturated heterocycles. The van der Waals surface area contributed by atoms with Crippen LogP contribution in [0.5, 0.6) is 0 Å². The number of carbonyl (C=O) groups is 2. The quantitative estimate of drug-likeness (QED) is 0.337. The van der Waals surface area contributed by atoms with E-state index in [9.17, 15) is 9.59 Å². The van der Waals surface area contributed by atoms with E-state index in [2.05, 4.69) is 15.1 Å². The molecule has 8 nitrogen and oxygen atoms in total. The van der Waals surface area contributed by atoms with Crippen LogP contribution in [-0.2, 0) is 16.1 Å². The van der Waals surface area contributed by atoms with E-state index in [-0.39, 0.29) is 24.6 Å². The molecule has 158 valence electrons. The lowest BCUT2D eigenvalue weighted by molar-refractivity contribution is -0.129. The summed E-state index contributed by atoms with van der Waals surface area (Å²) in [4.78, 5) is 35.2. The first kappa shape index (κ1) is 20.8. The molecule has 2 aromatic carbocycles. The molecule has 2 amide bonds. The van der Waals surface area contributed by atoms with Crippen molar-refractivity contribution in [2.45, 2.75) is 25.0 Å². The third-order valence-corrected chi connectivity index (χ3v) is 5.69. The number of aryl methyl sites for hydroxylation is 1. The van der Waals surface area contributed by atoms with Crippen LogP contribution in [0, 0.1) is 6.92 Å². The van der Waals surface area contributed by atoms with Crippen molar-refractivity contribution in [2.24, 2.45) is 5.73 Å². The first-order chi connectivity index (χ1) is 15.0. The summed E-state index contributed by atoms with van der Waals surface area (Å²) in [6.45, 7) is 2.51. The largest absolute Gasteiger partial charge is 0.370 e. The third kappa shape index (κ3) is 4.83. The highest BCUT2D eigenvalue weighted by atomic mass is 32.2. The Morgan fingerprint density at radius 3 is 2.58 bits per heavy atom. The second-order valence-corrected chi connectivity index (χ2v) is 8.05. The number of carbonyl (C=O) groups excluding carboxylic acids is 2. The number of rotatable bonds is 8. The normalized spacial score (nSPS) is 11.1. The van der Waals surface area contributed by atoms with Crippen molar-refractivity contribution in [1.29, 1.82) is 0 Å². The summed E-state index contributed by atoms with van der Waals surface area (Å²) >= 11 is 1.30. The lowest BCUT2D eigenvalue weighted by Gasteiger charge is -2.22. The van der Waals surface area contributed by atoms with Gasteiger partial charge >= 0.3 is 0 Å². The molecule has 0 radical (unpaired) electrons. The molecule has 2 aromatic heterocycles. The predicted octanol–water partition coefficient (Wildman–Crippen LogP) is 2.58. The summed E-state index contributed by atoms with van der Waals surface area (Å²) in [5.74, 6) is 0.258. The highest BCUT2D eigenvalue weighted by Crippen LogP contribution is 2.24. The van der Waals surface area contributed by atoms with E-state index in [0.717, 1.165) is 16.5 Å². The highest BCUT2D eigenvalue weighted by Gasteiger charge is 2.18. The van der Waals surface area contributed by atoms with E-state index >= 15 is 0 Å². The monoisotopic (exact) mass is 434 g/mol. The van der Waals surface area contributed by atoms with Crippen molar-refractivity contribution in [3.8, 4) is 0 Å². The van der Waals surface area contributed by atoms with Gasteiger partial charge in [-0.1, -0.05) is 54.2 Å². The topological polar surface area (TPSA) is 106 Å². The maximum Gasteiger partial charge on any atom is 0.233 e. The van der Waals surface area contributed by atoms with Gasteiger partial charge in [-0.15, -0.1) is 5.10 Å². The fraction of sp³-hybridized carbons (Fsp3) is 0.227. The maximum atomic E-state index is 13.0. The van der Waals surface area contributed by atoms with Crippen LogP contribution >= 0.6 is 11.8 Å². The van der Waals surface area contributed by atoms with Crippen LogP contribution in [0.3, 0.4) is 0 Å². The molecule has 31 heavy (non-hydrogen) atoms. The fourth-order valence-corrected chi connectivity index (χ4v) is 4.13. The Morgan fingerprint density at radius 2 is 1.81 bits per heavy atom. The number of amides is 2. The van der Waals surface area contributed by atoms with Crippen molar-refractivity contribution in [2.75, 3.05) is 12.3 Å². The molecule has 2 N–H and O–H groups in total. The minimum atomic E-state index is -0.436. The van der Waals surface area contributed by atoms with Crippen LogP contribution < -0.4 is 5.73 Å². The van der Waals surface area contributed by atoms with Crippen molar-refractivity contribution in [3.05, 3.63) is 66.0 Å². The number of nitrogens with zero attached hydrogens (tertiary/aromatic N) is 5. The van der Waals surface area contributed by atoms with Gasteiger partial charge in [-0.2, -0.15) is 4.52 Å². The number of hydrogen-bond acceptors (Lipinski definition) is 6. The molecule has 0 fully saturated rings. The second kappa shape index (κ2) is 9.13. The van der Waals surface area contributed by atoms with E-state index in [1.165, 1.54) is 11.8 Å². The first-order valence-electron chi connectivity index (χ1n) is 9.86. The number of benzene rings is 2. The number of nitrogens with two attached hydrogens (primary N) is 1. The third-order valence-electron chi connectivity index (χ3n) is 4.78. The molecular weight excluding hydrogens is 412 g/mol. The van der Waals surface area contributed by atoms with E-state index in [4.69, 9.17) is 5.73 Å². The molecule has 0 unspecified atom stereocenters. The van der Waals surface area contributed by atoms with Gasteiger partial charge in [0.25, 0.3) is 0 Å². The Hall–Kier alpha value is -3.46. The number of primary amides is 1. The van der Waals surface area contributed by atoms with Crippen molar-refractivity contribution in [1.82, 2.24) is 24.5 Å². The van der Waals surface area contributed by atoms with Gasteiger partial charge in [0, 0.05) is 24.9 Å². The summed E-state index contributed by atoms with van der Waals surface area (Å²) in [7, 11) is 0. The molecule has 4 rings (SSSR count). The maximum absolute atomic E-state index is 13.0. The molecule has 0 aliphatic heterocycles. The second-order valence-electron chi connectivity index (χ2n) is 7.11. The molecule has 0 saturated carbocycles. The zero-order chi connectivity index (χ0) is 21.8. The Kier molecular flexibility index (Phi) is 6.13. The smallest absolute Gasteiger partial charge is 0.233 e. The number of para-hydroxylation sites is 1. The fourth-order valence-electron chi connectivity index (χ4n) is 3.29. The summed E-state index contributed by atoms with van der Waals surface area (Å²) in [5.41, 5.74) is 7.81. The number of hydrogen-bond donors (Lipinski definition) is 1. The summed E-state index contributed by atoms with van der Waals surface area (Å²) in [6.07, 6.45) is 0.115. The van der Waals surface area contributed by atoms with Crippen LogP contribution in [0.25, 0.3) is 16.6 Å². The Morgan fingerprint density at radius 1 is 1.06 bits per heavy atom. The lowest BCUT2D eigenvalue weighted by atomic mass is 10.2. The average Bonchev–Trinajstić information content (AvgIpc) is 3.17. The van der Waals surface area contributed by atoms with Gasteiger partial charge in [0.1, 0.15) is 5.82 Å². The molecule has 9 heteroatoms. The molecule has 0 bridgehead atoms. The van der Waals surface area contributed by atoms with Crippen LogP contribution in [-0.4, -0.2) is 48.6 Å². The van der Waals surface area contributed by atoms with Crippen LogP contribution in [0.4, 0.5) is 0 Å². The summed E-state index contributed by atoms with van der Waals surface area (Å²) in [5, 5.41) is 5.95. The number of thioether (sulfide) groups is 1. The SMILES string of the molecule is Cc1nc2c3ccccc3nc(SCC(=O)N(CCC(N)=O)Cc3ccccc3)n2n1. The molecular formula is C22H22N6O2S. The van der Waals surface area contributed by atoms with Gasteiger partial charge in [-0.25, -0.2) is 9.97 Å². The average molecular weight is 435 g/mol. The van der Waals surface area contributed by atoms with Gasteiger partial charge in [-0.05, 0) is 24.6 Å². The molecule has 4 aromatic rings. The summed E-state index contributed by atoms with van der Waals surface area (Å²) < 4.78 is 1.68.